The fourth-order valence-electron chi connectivity index (χ4n) is 1.21. The first kappa shape index (κ1) is 10.2. The smallest absolute Gasteiger partial charge is 0.336 e. The summed E-state index contributed by atoms with van der Waals surface area (Å²) in [5.41, 5.74) is 0.859. The van der Waals surface area contributed by atoms with Crippen LogP contribution in [0.1, 0.15) is 26.3 Å². The minimum atomic E-state index is -1.13. The molecule has 4 heteroatoms. The van der Waals surface area contributed by atoms with Crippen LogP contribution in [0, 0.1) is 6.92 Å². The minimum Gasteiger partial charge on any atom is -0.496 e. The average Bonchev–Trinajstić information content (AvgIpc) is 2.16. The number of carboxylic acids is 1. The maximum Gasteiger partial charge on any atom is 0.336 e. The van der Waals surface area contributed by atoms with Crippen molar-refractivity contribution < 1.29 is 19.4 Å². The molecule has 1 aromatic rings. The molecule has 0 aliphatic rings. The van der Waals surface area contributed by atoms with Gasteiger partial charge in [0.2, 0.25) is 0 Å². The largest absolute Gasteiger partial charge is 0.496 e. The molecule has 1 N–H and O–H groups in total. The van der Waals surface area contributed by atoms with E-state index in [1.807, 2.05) is 0 Å². The van der Waals surface area contributed by atoms with Gasteiger partial charge < -0.3 is 9.84 Å². The van der Waals surface area contributed by atoms with Gasteiger partial charge in [-0.2, -0.15) is 0 Å². The summed E-state index contributed by atoms with van der Waals surface area (Å²) in [6, 6.07) is 2.84. The predicted molar refractivity (Wildman–Crippen MR) is 50.1 cm³/mol. The van der Waals surface area contributed by atoms with Crippen molar-refractivity contribution in [2.75, 3.05) is 7.11 Å². The number of hydrogen-bond acceptors (Lipinski definition) is 3. The van der Waals surface area contributed by atoms with Crippen molar-refractivity contribution in [2.24, 2.45) is 0 Å². The van der Waals surface area contributed by atoms with Crippen LogP contribution in [0.5, 0.6) is 5.75 Å². The lowest BCUT2D eigenvalue weighted by molar-refractivity contribution is 0.0693. The van der Waals surface area contributed by atoms with Gasteiger partial charge in [-0.15, -0.1) is 0 Å². The number of methoxy groups -OCH3 is 1. The summed E-state index contributed by atoms with van der Waals surface area (Å²) < 4.78 is 4.96. The number of carboxylic acid groups (broad SMARTS) is 1. The van der Waals surface area contributed by atoms with Crippen molar-refractivity contribution in [1.29, 1.82) is 0 Å². The third-order valence-electron chi connectivity index (χ3n) is 1.92. The van der Waals surface area contributed by atoms with Gasteiger partial charge in [-0.1, -0.05) is 0 Å². The van der Waals surface area contributed by atoms with Crippen molar-refractivity contribution in [3.05, 3.63) is 28.8 Å². The molecule has 0 aliphatic heterocycles. The van der Waals surface area contributed by atoms with Crippen LogP contribution in [0.2, 0.25) is 0 Å². The second-order valence-corrected chi connectivity index (χ2v) is 2.83. The summed E-state index contributed by atoms with van der Waals surface area (Å²) in [7, 11) is 1.45. The molecule has 0 spiro atoms. The van der Waals surface area contributed by atoms with Gasteiger partial charge in [0.15, 0.2) is 6.29 Å². The highest BCUT2D eigenvalue weighted by Gasteiger charge is 2.12. The van der Waals surface area contributed by atoms with E-state index in [-0.39, 0.29) is 11.1 Å². The summed E-state index contributed by atoms with van der Waals surface area (Å²) in [4.78, 5) is 21.3. The summed E-state index contributed by atoms with van der Waals surface area (Å²) in [6.07, 6.45) is 0.524. The fraction of sp³-hybridized carbons (Fsp3) is 0.200. The molecular weight excluding hydrogens is 184 g/mol. The molecule has 0 heterocycles. The van der Waals surface area contributed by atoms with E-state index in [9.17, 15) is 9.59 Å². The molecule has 0 amide bonds. The van der Waals surface area contributed by atoms with E-state index < -0.39 is 5.97 Å². The number of carbonyl (C=O) groups excluding carboxylic acids is 1. The lowest BCUT2D eigenvalue weighted by Crippen LogP contribution is -2.03. The Bertz CT molecular complexity index is 382. The van der Waals surface area contributed by atoms with E-state index in [4.69, 9.17) is 9.84 Å². The summed E-state index contributed by atoms with van der Waals surface area (Å²) in [5.74, 6) is -0.668. The number of aryl methyl sites for hydroxylation is 1. The molecule has 4 nitrogen and oxygen atoms in total. The molecule has 0 aliphatic carbocycles. The van der Waals surface area contributed by atoms with Gasteiger partial charge in [0.25, 0.3) is 0 Å². The lowest BCUT2D eigenvalue weighted by Gasteiger charge is -2.07. The van der Waals surface area contributed by atoms with Crippen LogP contribution in [-0.4, -0.2) is 24.5 Å². The number of benzene rings is 1. The Balaban J connectivity index is 3.39. The van der Waals surface area contributed by atoms with Crippen molar-refractivity contribution in [1.82, 2.24) is 0 Å². The van der Waals surface area contributed by atoms with Crippen LogP contribution in [0.4, 0.5) is 0 Å². The van der Waals surface area contributed by atoms with Gasteiger partial charge >= 0.3 is 5.97 Å². The number of rotatable bonds is 3. The Hall–Kier alpha value is -1.84. The number of hydrogen-bond donors (Lipinski definition) is 1. The number of carbonyl (C=O) groups is 2. The second kappa shape index (κ2) is 3.91. The quantitative estimate of drug-likeness (QED) is 0.741. The monoisotopic (exact) mass is 194 g/mol. The highest BCUT2D eigenvalue weighted by atomic mass is 16.5. The van der Waals surface area contributed by atoms with Gasteiger partial charge in [-0.3, -0.25) is 4.79 Å². The Morgan fingerprint density at radius 1 is 1.50 bits per heavy atom. The van der Waals surface area contributed by atoms with Gasteiger partial charge in [-0.25, -0.2) is 4.79 Å². The van der Waals surface area contributed by atoms with Crippen molar-refractivity contribution in [3.63, 3.8) is 0 Å². The topological polar surface area (TPSA) is 63.6 Å². The van der Waals surface area contributed by atoms with Gasteiger partial charge in [-0.05, 0) is 24.6 Å². The third kappa shape index (κ3) is 1.74. The van der Waals surface area contributed by atoms with E-state index in [0.29, 0.717) is 12.0 Å². The first-order valence-corrected chi connectivity index (χ1v) is 3.97. The fourth-order valence-corrected chi connectivity index (χ4v) is 1.21. The molecule has 0 bridgehead atoms. The molecule has 1 rings (SSSR count). The van der Waals surface area contributed by atoms with Crippen LogP contribution < -0.4 is 4.74 Å². The SMILES string of the molecule is COc1cc(C(=O)O)c(C=O)cc1C. The number of aromatic carboxylic acids is 1. The van der Waals surface area contributed by atoms with Crippen molar-refractivity contribution in [2.45, 2.75) is 6.92 Å². The van der Waals surface area contributed by atoms with E-state index in [1.54, 1.807) is 6.92 Å². The van der Waals surface area contributed by atoms with E-state index in [1.165, 1.54) is 19.2 Å². The lowest BCUT2D eigenvalue weighted by atomic mass is 10.0. The highest BCUT2D eigenvalue weighted by molar-refractivity contribution is 5.97. The summed E-state index contributed by atoms with van der Waals surface area (Å²) >= 11 is 0. The number of aldehydes is 1. The molecule has 0 saturated heterocycles. The van der Waals surface area contributed by atoms with E-state index >= 15 is 0 Å². The molecule has 0 aromatic heterocycles. The van der Waals surface area contributed by atoms with E-state index in [0.717, 1.165) is 5.56 Å². The normalized spacial score (nSPS) is 9.57. The predicted octanol–water partition coefficient (Wildman–Crippen LogP) is 1.51. The Morgan fingerprint density at radius 2 is 2.14 bits per heavy atom. The zero-order chi connectivity index (χ0) is 10.7. The zero-order valence-electron chi connectivity index (χ0n) is 7.90. The first-order chi connectivity index (χ1) is 6.60. The van der Waals surface area contributed by atoms with Crippen LogP contribution in [0.3, 0.4) is 0 Å². The Kier molecular flexibility index (Phi) is 2.86. The maximum atomic E-state index is 10.7. The first-order valence-electron chi connectivity index (χ1n) is 3.97. The van der Waals surface area contributed by atoms with E-state index in [2.05, 4.69) is 0 Å². The molecule has 0 radical (unpaired) electrons. The Morgan fingerprint density at radius 3 is 2.57 bits per heavy atom. The third-order valence-corrected chi connectivity index (χ3v) is 1.92. The average molecular weight is 194 g/mol. The summed E-state index contributed by atoms with van der Waals surface area (Å²) in [5, 5.41) is 8.79. The number of ether oxygens (including phenoxy) is 1. The standard InChI is InChI=1S/C10H10O4/c1-6-3-7(5-11)8(10(12)13)4-9(6)14-2/h3-5H,1-2H3,(H,12,13). The molecule has 0 fully saturated rings. The van der Waals surface area contributed by atoms with Gasteiger partial charge in [0.05, 0.1) is 12.7 Å². The molecule has 0 atom stereocenters. The minimum absolute atomic E-state index is 0.0394. The molecule has 14 heavy (non-hydrogen) atoms. The van der Waals surface area contributed by atoms with Crippen molar-refractivity contribution in [3.8, 4) is 5.75 Å². The van der Waals surface area contributed by atoms with Crippen LogP contribution in [-0.2, 0) is 0 Å². The van der Waals surface area contributed by atoms with Crippen LogP contribution >= 0.6 is 0 Å². The van der Waals surface area contributed by atoms with Crippen LogP contribution in [0.25, 0.3) is 0 Å². The second-order valence-electron chi connectivity index (χ2n) is 2.83. The van der Waals surface area contributed by atoms with Crippen LogP contribution in [0.15, 0.2) is 12.1 Å². The molecule has 1 aromatic carbocycles. The highest BCUT2D eigenvalue weighted by Crippen LogP contribution is 2.21. The Labute approximate surface area is 81.1 Å². The molecule has 0 saturated carbocycles. The molecule has 74 valence electrons. The summed E-state index contributed by atoms with van der Waals surface area (Å²) in [6.45, 7) is 1.75. The van der Waals surface area contributed by atoms with Crippen molar-refractivity contribution >= 4 is 12.3 Å². The maximum absolute atomic E-state index is 10.7. The van der Waals surface area contributed by atoms with Gasteiger partial charge in [0.1, 0.15) is 5.75 Å². The zero-order valence-corrected chi connectivity index (χ0v) is 7.90. The molecular formula is C10H10O4. The van der Waals surface area contributed by atoms with Gasteiger partial charge in [0, 0.05) is 5.56 Å². The molecule has 0 unspecified atom stereocenters.